The summed E-state index contributed by atoms with van der Waals surface area (Å²) in [6, 6.07) is 10.3. The van der Waals surface area contributed by atoms with Gasteiger partial charge in [0.2, 0.25) is 0 Å². The molecule has 1 atom stereocenters. The van der Waals surface area contributed by atoms with Gasteiger partial charge in [-0.3, -0.25) is 0 Å². The molecular weight excluding hydrogens is 155 g/mol. The molecule has 1 aliphatic carbocycles. The predicted octanol–water partition coefficient (Wildman–Crippen LogP) is 2.99. The van der Waals surface area contributed by atoms with E-state index in [1.165, 1.54) is 11.1 Å². The van der Waals surface area contributed by atoms with Gasteiger partial charge in [-0.1, -0.05) is 48.6 Å². The number of benzene rings is 1. The summed E-state index contributed by atoms with van der Waals surface area (Å²) in [4.78, 5) is 0. The van der Waals surface area contributed by atoms with Crippen LogP contribution in [0, 0.1) is 0 Å². The maximum Gasteiger partial charge on any atom is 0.0768 e. The molecular formula is C12H11B. The Morgan fingerprint density at radius 1 is 1.15 bits per heavy atom. The molecule has 1 heteroatoms. The number of rotatable bonds is 1. The van der Waals surface area contributed by atoms with Crippen LogP contribution >= 0.6 is 0 Å². The smallest absolute Gasteiger partial charge is 0.0768 e. The summed E-state index contributed by atoms with van der Waals surface area (Å²) in [6.07, 6.45) is 7.23. The maximum atomic E-state index is 5.99. The standard InChI is InChI=1S/C12H11B/c13-12-9-5-4-8-11(12)10-6-2-1-3-7-10/h1-8,12H,9H2. The van der Waals surface area contributed by atoms with E-state index < -0.39 is 0 Å². The first-order valence-electron chi connectivity index (χ1n) is 4.55. The molecule has 1 aliphatic rings. The molecule has 0 aliphatic heterocycles. The van der Waals surface area contributed by atoms with Crippen LogP contribution < -0.4 is 0 Å². The fraction of sp³-hybridized carbons (Fsp3) is 0.167. The molecule has 62 valence electrons. The lowest BCUT2D eigenvalue weighted by Crippen LogP contribution is -1.98. The molecule has 2 radical (unpaired) electrons. The predicted molar refractivity (Wildman–Crippen MR) is 57.7 cm³/mol. The number of hydrogen-bond donors (Lipinski definition) is 0. The van der Waals surface area contributed by atoms with Crippen molar-refractivity contribution in [3.8, 4) is 0 Å². The highest BCUT2D eigenvalue weighted by Gasteiger charge is 2.10. The van der Waals surface area contributed by atoms with Gasteiger partial charge in [0.05, 0.1) is 7.85 Å². The Hall–Kier alpha value is -1.24. The largest absolute Gasteiger partial charge is 0.0847 e. The molecule has 0 amide bonds. The van der Waals surface area contributed by atoms with Crippen molar-refractivity contribution in [1.82, 2.24) is 0 Å². The van der Waals surface area contributed by atoms with Gasteiger partial charge in [-0.15, -0.1) is 0 Å². The third kappa shape index (κ3) is 1.75. The van der Waals surface area contributed by atoms with Crippen LogP contribution in [0.5, 0.6) is 0 Å². The van der Waals surface area contributed by atoms with Crippen molar-refractivity contribution in [2.45, 2.75) is 12.2 Å². The van der Waals surface area contributed by atoms with Gasteiger partial charge in [0.15, 0.2) is 0 Å². The second-order valence-corrected chi connectivity index (χ2v) is 3.26. The van der Waals surface area contributed by atoms with Crippen LogP contribution in [-0.2, 0) is 0 Å². The van der Waals surface area contributed by atoms with E-state index in [0.29, 0.717) is 0 Å². The van der Waals surface area contributed by atoms with Crippen LogP contribution in [-0.4, -0.2) is 7.85 Å². The van der Waals surface area contributed by atoms with Crippen molar-refractivity contribution >= 4 is 13.4 Å². The quantitative estimate of drug-likeness (QED) is 0.562. The molecule has 1 aromatic carbocycles. The topological polar surface area (TPSA) is 0 Å². The minimum atomic E-state index is 0.160. The Kier molecular flexibility index (Phi) is 2.35. The molecule has 0 heterocycles. The molecule has 0 spiro atoms. The van der Waals surface area contributed by atoms with Crippen LogP contribution in [0.1, 0.15) is 12.0 Å². The second kappa shape index (κ2) is 3.65. The van der Waals surface area contributed by atoms with Crippen LogP contribution in [0.4, 0.5) is 0 Å². The van der Waals surface area contributed by atoms with Crippen LogP contribution in [0.3, 0.4) is 0 Å². The van der Waals surface area contributed by atoms with Crippen molar-refractivity contribution in [2.24, 2.45) is 0 Å². The molecule has 2 rings (SSSR count). The Bertz CT molecular complexity index is 335. The van der Waals surface area contributed by atoms with Crippen LogP contribution in [0.25, 0.3) is 5.57 Å². The van der Waals surface area contributed by atoms with E-state index in [-0.39, 0.29) is 5.82 Å². The van der Waals surface area contributed by atoms with Gasteiger partial charge >= 0.3 is 0 Å². The SMILES string of the molecule is [B]C1CC=CC=C1c1ccccc1. The van der Waals surface area contributed by atoms with Crippen molar-refractivity contribution in [2.75, 3.05) is 0 Å². The minimum absolute atomic E-state index is 0.160. The van der Waals surface area contributed by atoms with Crippen molar-refractivity contribution in [3.63, 3.8) is 0 Å². The summed E-state index contributed by atoms with van der Waals surface area (Å²) >= 11 is 0. The Morgan fingerprint density at radius 2 is 1.92 bits per heavy atom. The van der Waals surface area contributed by atoms with Gasteiger partial charge in [-0.2, -0.15) is 0 Å². The fourth-order valence-electron chi connectivity index (χ4n) is 1.59. The summed E-state index contributed by atoms with van der Waals surface area (Å²) in [5, 5.41) is 0. The lowest BCUT2D eigenvalue weighted by atomic mass is 9.74. The van der Waals surface area contributed by atoms with E-state index in [2.05, 4.69) is 30.4 Å². The lowest BCUT2D eigenvalue weighted by Gasteiger charge is -2.17. The molecule has 0 N–H and O–H groups in total. The van der Waals surface area contributed by atoms with Gasteiger partial charge in [0.1, 0.15) is 0 Å². The summed E-state index contributed by atoms with van der Waals surface area (Å²) in [7, 11) is 5.99. The highest BCUT2D eigenvalue weighted by Crippen LogP contribution is 2.31. The van der Waals surface area contributed by atoms with Crippen LogP contribution in [0.2, 0.25) is 5.82 Å². The van der Waals surface area contributed by atoms with E-state index in [1.807, 2.05) is 18.2 Å². The van der Waals surface area contributed by atoms with Gasteiger partial charge in [-0.25, -0.2) is 0 Å². The fourth-order valence-corrected chi connectivity index (χ4v) is 1.59. The summed E-state index contributed by atoms with van der Waals surface area (Å²) < 4.78 is 0. The molecule has 0 nitrogen and oxygen atoms in total. The van der Waals surface area contributed by atoms with E-state index in [1.54, 1.807) is 0 Å². The molecule has 0 saturated heterocycles. The van der Waals surface area contributed by atoms with Gasteiger partial charge < -0.3 is 0 Å². The Balaban J connectivity index is 2.35. The molecule has 0 bridgehead atoms. The van der Waals surface area contributed by atoms with Gasteiger partial charge in [0, 0.05) is 0 Å². The number of hydrogen-bond acceptors (Lipinski definition) is 0. The summed E-state index contributed by atoms with van der Waals surface area (Å²) in [6.45, 7) is 0. The normalized spacial score (nSPS) is 21.2. The highest BCUT2D eigenvalue weighted by molar-refractivity contribution is 6.19. The monoisotopic (exact) mass is 166 g/mol. The van der Waals surface area contributed by atoms with Gasteiger partial charge in [0.25, 0.3) is 0 Å². The zero-order valence-electron chi connectivity index (χ0n) is 7.48. The Labute approximate surface area is 80.4 Å². The Morgan fingerprint density at radius 3 is 2.62 bits per heavy atom. The first-order valence-corrected chi connectivity index (χ1v) is 4.55. The average Bonchev–Trinajstić information content (AvgIpc) is 2.20. The van der Waals surface area contributed by atoms with Gasteiger partial charge in [-0.05, 0) is 23.4 Å². The average molecular weight is 166 g/mol. The second-order valence-electron chi connectivity index (χ2n) is 3.26. The highest BCUT2D eigenvalue weighted by atomic mass is 14.1. The maximum absolute atomic E-state index is 5.99. The molecule has 1 aromatic rings. The first kappa shape index (κ1) is 8.37. The zero-order valence-corrected chi connectivity index (χ0v) is 7.48. The molecule has 0 fully saturated rings. The zero-order chi connectivity index (χ0) is 9.10. The van der Waals surface area contributed by atoms with E-state index >= 15 is 0 Å². The van der Waals surface area contributed by atoms with Crippen molar-refractivity contribution < 1.29 is 0 Å². The summed E-state index contributed by atoms with van der Waals surface area (Å²) in [5.74, 6) is 0.160. The van der Waals surface area contributed by atoms with Crippen molar-refractivity contribution in [1.29, 1.82) is 0 Å². The number of allylic oxidation sites excluding steroid dienone is 4. The van der Waals surface area contributed by atoms with Crippen LogP contribution in [0.15, 0.2) is 48.6 Å². The van der Waals surface area contributed by atoms with Crippen molar-refractivity contribution in [3.05, 3.63) is 54.1 Å². The third-order valence-corrected chi connectivity index (χ3v) is 2.31. The summed E-state index contributed by atoms with van der Waals surface area (Å²) in [5.41, 5.74) is 2.47. The third-order valence-electron chi connectivity index (χ3n) is 2.31. The first-order chi connectivity index (χ1) is 6.38. The van der Waals surface area contributed by atoms with E-state index in [4.69, 9.17) is 7.85 Å². The van der Waals surface area contributed by atoms with E-state index in [0.717, 1.165) is 6.42 Å². The molecule has 0 aromatic heterocycles. The molecule has 1 unspecified atom stereocenters. The molecule has 0 saturated carbocycles. The minimum Gasteiger partial charge on any atom is -0.0847 e. The van der Waals surface area contributed by atoms with E-state index in [9.17, 15) is 0 Å². The lowest BCUT2D eigenvalue weighted by molar-refractivity contribution is 1.05. The molecule has 13 heavy (non-hydrogen) atoms.